The summed E-state index contributed by atoms with van der Waals surface area (Å²) in [6.45, 7) is 6.44. The molecule has 0 unspecified atom stereocenters. The van der Waals surface area contributed by atoms with Crippen molar-refractivity contribution in [1.82, 2.24) is 15.6 Å². The van der Waals surface area contributed by atoms with Crippen molar-refractivity contribution in [3.8, 4) is 5.75 Å². The first-order chi connectivity index (χ1) is 11.1. The molecule has 5 heteroatoms. The molecule has 23 heavy (non-hydrogen) atoms. The summed E-state index contributed by atoms with van der Waals surface area (Å²) in [7, 11) is 0. The molecule has 2 heterocycles. The van der Waals surface area contributed by atoms with E-state index in [9.17, 15) is 4.79 Å². The third-order valence-electron chi connectivity index (χ3n) is 4.80. The van der Waals surface area contributed by atoms with Gasteiger partial charge in [0.1, 0.15) is 12.4 Å². The fourth-order valence-corrected chi connectivity index (χ4v) is 2.96. The lowest BCUT2D eigenvalue weighted by molar-refractivity contribution is -0.123. The molecule has 1 aliphatic heterocycles. The minimum atomic E-state index is 0.0631. The average Bonchev–Trinajstić information content (AvgIpc) is 3.25. The van der Waals surface area contributed by atoms with Gasteiger partial charge in [0.15, 0.2) is 0 Å². The number of pyridine rings is 1. The molecule has 1 saturated carbocycles. The summed E-state index contributed by atoms with van der Waals surface area (Å²) in [5.41, 5.74) is 1.27. The molecule has 1 aliphatic carbocycles. The third-order valence-corrected chi connectivity index (χ3v) is 4.80. The van der Waals surface area contributed by atoms with Gasteiger partial charge in [0.25, 0.3) is 0 Å². The van der Waals surface area contributed by atoms with Gasteiger partial charge >= 0.3 is 0 Å². The summed E-state index contributed by atoms with van der Waals surface area (Å²) in [4.78, 5) is 15.9. The van der Waals surface area contributed by atoms with Gasteiger partial charge in [-0.15, -0.1) is 0 Å². The van der Waals surface area contributed by atoms with Gasteiger partial charge in [-0.3, -0.25) is 9.78 Å². The van der Waals surface area contributed by atoms with Gasteiger partial charge in [-0.05, 0) is 49.3 Å². The SMILES string of the molecule is CC(C)C(=O)NCC[C@H]1C[C@@H]1c1cncc(OC[C@@H]2CCN2)c1. The number of nitrogens with zero attached hydrogens (tertiary/aromatic N) is 1. The predicted molar refractivity (Wildman–Crippen MR) is 89.5 cm³/mol. The summed E-state index contributed by atoms with van der Waals surface area (Å²) in [6.07, 6.45) is 7.17. The Morgan fingerprint density at radius 3 is 3.00 bits per heavy atom. The van der Waals surface area contributed by atoms with Crippen molar-refractivity contribution in [1.29, 1.82) is 0 Å². The van der Waals surface area contributed by atoms with E-state index in [1.165, 1.54) is 18.4 Å². The summed E-state index contributed by atoms with van der Waals surface area (Å²) in [5.74, 6) is 2.31. The largest absolute Gasteiger partial charge is 0.490 e. The molecule has 2 N–H and O–H groups in total. The van der Waals surface area contributed by atoms with Crippen LogP contribution in [0.2, 0.25) is 0 Å². The Labute approximate surface area is 138 Å². The molecular formula is C18H27N3O2. The third kappa shape index (κ3) is 4.44. The average molecular weight is 317 g/mol. The van der Waals surface area contributed by atoms with Crippen LogP contribution in [0.15, 0.2) is 18.5 Å². The highest BCUT2D eigenvalue weighted by Gasteiger charge is 2.38. The number of carbonyl (C=O) groups is 1. The number of ether oxygens (including phenoxy) is 1. The molecule has 5 nitrogen and oxygen atoms in total. The number of rotatable bonds is 8. The molecule has 1 aromatic rings. The number of amides is 1. The molecule has 1 aromatic heterocycles. The minimum absolute atomic E-state index is 0.0631. The quantitative estimate of drug-likeness (QED) is 0.770. The van der Waals surface area contributed by atoms with Gasteiger partial charge in [0.05, 0.1) is 6.20 Å². The lowest BCUT2D eigenvalue weighted by Gasteiger charge is -2.27. The van der Waals surface area contributed by atoms with Crippen molar-refractivity contribution in [2.45, 2.75) is 45.1 Å². The molecule has 3 rings (SSSR count). The second-order valence-electron chi connectivity index (χ2n) is 7.04. The van der Waals surface area contributed by atoms with E-state index in [-0.39, 0.29) is 11.8 Å². The van der Waals surface area contributed by atoms with E-state index in [1.54, 1.807) is 6.20 Å². The van der Waals surface area contributed by atoms with Crippen molar-refractivity contribution < 1.29 is 9.53 Å². The monoisotopic (exact) mass is 317 g/mol. The van der Waals surface area contributed by atoms with Crippen molar-refractivity contribution >= 4 is 5.91 Å². The maximum absolute atomic E-state index is 11.6. The Kier molecular flexibility index (Phi) is 5.16. The summed E-state index contributed by atoms with van der Waals surface area (Å²) in [5, 5.41) is 6.33. The molecule has 2 fully saturated rings. The molecule has 2 aliphatic rings. The van der Waals surface area contributed by atoms with E-state index >= 15 is 0 Å². The van der Waals surface area contributed by atoms with Crippen molar-refractivity contribution in [2.24, 2.45) is 11.8 Å². The Hall–Kier alpha value is -1.62. The maximum atomic E-state index is 11.6. The zero-order valence-corrected chi connectivity index (χ0v) is 14.0. The van der Waals surface area contributed by atoms with Crippen LogP contribution in [-0.2, 0) is 4.79 Å². The zero-order valence-electron chi connectivity index (χ0n) is 14.0. The van der Waals surface area contributed by atoms with E-state index in [2.05, 4.69) is 21.7 Å². The van der Waals surface area contributed by atoms with Crippen LogP contribution in [0.3, 0.4) is 0 Å². The molecule has 1 saturated heterocycles. The molecule has 3 atom stereocenters. The number of aromatic nitrogens is 1. The fraction of sp³-hybridized carbons (Fsp3) is 0.667. The van der Waals surface area contributed by atoms with Gasteiger partial charge < -0.3 is 15.4 Å². The van der Waals surface area contributed by atoms with Gasteiger partial charge in [-0.2, -0.15) is 0 Å². The smallest absolute Gasteiger partial charge is 0.222 e. The first-order valence-electron chi connectivity index (χ1n) is 8.72. The Bertz CT molecular complexity index is 543. The lowest BCUT2D eigenvalue weighted by atomic mass is 10.1. The number of hydrogen-bond acceptors (Lipinski definition) is 4. The summed E-state index contributed by atoms with van der Waals surface area (Å²) >= 11 is 0. The van der Waals surface area contributed by atoms with Crippen LogP contribution in [0.5, 0.6) is 5.75 Å². The highest BCUT2D eigenvalue weighted by atomic mass is 16.5. The maximum Gasteiger partial charge on any atom is 0.222 e. The molecule has 1 amide bonds. The number of carbonyl (C=O) groups excluding carboxylic acids is 1. The van der Waals surface area contributed by atoms with Crippen molar-refractivity contribution in [2.75, 3.05) is 19.7 Å². The Morgan fingerprint density at radius 1 is 1.48 bits per heavy atom. The van der Waals surface area contributed by atoms with Crippen molar-refractivity contribution in [3.63, 3.8) is 0 Å². The van der Waals surface area contributed by atoms with E-state index in [4.69, 9.17) is 4.74 Å². The van der Waals surface area contributed by atoms with Gasteiger partial charge in [0.2, 0.25) is 5.91 Å². The first kappa shape index (κ1) is 16.2. The topological polar surface area (TPSA) is 63.2 Å². The van der Waals surface area contributed by atoms with Crippen LogP contribution in [-0.4, -0.2) is 36.6 Å². The normalized spacial score (nSPS) is 25.8. The second-order valence-corrected chi connectivity index (χ2v) is 7.04. The predicted octanol–water partition coefficient (Wildman–Crippen LogP) is 2.09. The molecule has 0 spiro atoms. The van der Waals surface area contributed by atoms with Crippen molar-refractivity contribution in [3.05, 3.63) is 24.0 Å². The van der Waals surface area contributed by atoms with E-state index in [1.807, 2.05) is 20.0 Å². The number of hydrogen-bond donors (Lipinski definition) is 2. The first-order valence-corrected chi connectivity index (χ1v) is 8.72. The van der Waals surface area contributed by atoms with Crippen LogP contribution in [0.4, 0.5) is 0 Å². The Morgan fingerprint density at radius 2 is 2.30 bits per heavy atom. The molecule has 0 radical (unpaired) electrons. The summed E-state index contributed by atoms with van der Waals surface area (Å²) < 4.78 is 5.82. The number of nitrogens with one attached hydrogen (secondary N) is 2. The zero-order chi connectivity index (χ0) is 16.2. The van der Waals surface area contributed by atoms with Crippen LogP contribution in [0.25, 0.3) is 0 Å². The fourth-order valence-electron chi connectivity index (χ4n) is 2.96. The van der Waals surface area contributed by atoms with Crippen LogP contribution in [0.1, 0.15) is 44.6 Å². The van der Waals surface area contributed by atoms with Gasteiger partial charge in [-0.1, -0.05) is 13.8 Å². The second kappa shape index (κ2) is 7.30. The van der Waals surface area contributed by atoms with Gasteiger partial charge in [-0.25, -0.2) is 0 Å². The molecule has 0 bridgehead atoms. The van der Waals surface area contributed by atoms with E-state index in [0.29, 0.717) is 17.9 Å². The lowest BCUT2D eigenvalue weighted by Crippen LogP contribution is -2.46. The highest BCUT2D eigenvalue weighted by molar-refractivity contribution is 5.77. The molecular weight excluding hydrogens is 290 g/mol. The molecule has 126 valence electrons. The standard InChI is InChI=1S/C18H27N3O2/c1-12(2)18(22)21-5-3-13-8-17(13)14-7-16(10-19-9-14)23-11-15-4-6-20-15/h7,9-10,12-13,15,17,20H,3-6,8,11H2,1-2H3,(H,21,22)/t13-,15-,17-/m0/s1. The molecule has 0 aromatic carbocycles. The van der Waals surface area contributed by atoms with Gasteiger partial charge in [0, 0.05) is 24.7 Å². The van der Waals surface area contributed by atoms with Crippen LogP contribution >= 0.6 is 0 Å². The van der Waals surface area contributed by atoms with Crippen LogP contribution in [0, 0.1) is 11.8 Å². The van der Waals surface area contributed by atoms with E-state index in [0.717, 1.165) is 31.9 Å². The summed E-state index contributed by atoms with van der Waals surface area (Å²) in [6, 6.07) is 2.63. The van der Waals surface area contributed by atoms with E-state index < -0.39 is 0 Å². The highest BCUT2D eigenvalue weighted by Crippen LogP contribution is 2.49. The van der Waals surface area contributed by atoms with Crippen LogP contribution < -0.4 is 15.4 Å². The minimum Gasteiger partial charge on any atom is -0.490 e. The Balaban J connectivity index is 1.42.